The van der Waals surface area contributed by atoms with E-state index < -0.39 is 5.82 Å². The first-order valence-electron chi connectivity index (χ1n) is 8.67. The quantitative estimate of drug-likeness (QED) is 0.617. The predicted octanol–water partition coefficient (Wildman–Crippen LogP) is 5.11. The van der Waals surface area contributed by atoms with Crippen LogP contribution in [0.1, 0.15) is 18.4 Å². The zero-order chi connectivity index (χ0) is 18.8. The van der Waals surface area contributed by atoms with E-state index in [1.54, 1.807) is 18.5 Å². The van der Waals surface area contributed by atoms with Gasteiger partial charge in [-0.2, -0.15) is 0 Å². The van der Waals surface area contributed by atoms with Gasteiger partial charge in [0.1, 0.15) is 22.8 Å². The number of nitrogens with one attached hydrogen (secondary N) is 1. The number of rotatable bonds is 4. The van der Waals surface area contributed by atoms with E-state index in [4.69, 9.17) is 18.2 Å². The summed E-state index contributed by atoms with van der Waals surface area (Å²) in [4.78, 5) is 15.1. The topological polar surface area (TPSA) is 45.4 Å². The minimum Gasteiger partial charge on any atom is -0.367 e. The van der Waals surface area contributed by atoms with Crippen LogP contribution in [0.5, 0.6) is 0 Å². The number of fused-ring (bicyclic) bond motifs is 1. The summed E-state index contributed by atoms with van der Waals surface area (Å²) in [6.45, 7) is 9.63. The number of halogens is 2. The maximum atomic E-state index is 13.5. The largest absolute Gasteiger partial charge is 0.367 e. The average Bonchev–Trinajstić information content (AvgIpc) is 3.06. The SMILES string of the molecule is [C-]#[N+]c1cc(CN2CCC(Nc3ncnc4sc(Cl)cc34)CC2)ccc1F. The number of aromatic nitrogens is 2. The molecule has 3 heterocycles. The van der Waals surface area contributed by atoms with Crippen LogP contribution in [0, 0.1) is 12.4 Å². The third-order valence-electron chi connectivity index (χ3n) is 4.76. The second-order valence-corrected chi connectivity index (χ2v) is 8.25. The fourth-order valence-corrected chi connectivity index (χ4v) is 4.43. The number of nitrogens with zero attached hydrogens (tertiary/aromatic N) is 4. The molecule has 1 N–H and O–H groups in total. The standard InChI is InChI=1S/C19H17ClFN5S/c1-22-16-8-12(2-3-15(16)21)10-26-6-4-13(5-7-26)25-18-14-9-17(20)27-19(14)24-11-23-18/h2-3,8-9,11,13H,4-7,10H2,(H,23,24,25). The van der Waals surface area contributed by atoms with Gasteiger partial charge in [-0.1, -0.05) is 17.7 Å². The van der Waals surface area contributed by atoms with Crippen LogP contribution >= 0.6 is 22.9 Å². The van der Waals surface area contributed by atoms with Gasteiger partial charge < -0.3 is 5.32 Å². The molecule has 1 fully saturated rings. The van der Waals surface area contributed by atoms with Crippen molar-refractivity contribution in [1.82, 2.24) is 14.9 Å². The summed E-state index contributed by atoms with van der Waals surface area (Å²) in [5.74, 6) is 0.378. The van der Waals surface area contributed by atoms with Crippen LogP contribution in [-0.2, 0) is 6.54 Å². The van der Waals surface area contributed by atoms with Crippen LogP contribution in [0.3, 0.4) is 0 Å². The van der Waals surface area contributed by atoms with E-state index in [0.29, 0.717) is 10.4 Å². The van der Waals surface area contributed by atoms with Crippen LogP contribution in [0.15, 0.2) is 30.6 Å². The van der Waals surface area contributed by atoms with E-state index in [1.165, 1.54) is 17.4 Å². The van der Waals surface area contributed by atoms with Crippen molar-refractivity contribution < 1.29 is 4.39 Å². The van der Waals surface area contributed by atoms with Crippen molar-refractivity contribution in [3.8, 4) is 0 Å². The van der Waals surface area contributed by atoms with E-state index in [1.807, 2.05) is 6.07 Å². The second kappa shape index (κ2) is 7.77. The van der Waals surface area contributed by atoms with Crippen molar-refractivity contribution in [2.24, 2.45) is 0 Å². The Labute approximate surface area is 165 Å². The lowest BCUT2D eigenvalue weighted by Gasteiger charge is -2.32. The maximum Gasteiger partial charge on any atom is 0.222 e. The van der Waals surface area contributed by atoms with E-state index in [9.17, 15) is 4.39 Å². The molecule has 1 saturated heterocycles. The third-order valence-corrected chi connectivity index (χ3v) is 5.94. The molecule has 138 valence electrons. The van der Waals surface area contributed by atoms with Gasteiger partial charge >= 0.3 is 0 Å². The first-order valence-corrected chi connectivity index (χ1v) is 9.86. The van der Waals surface area contributed by atoms with Crippen molar-refractivity contribution >= 4 is 44.7 Å². The zero-order valence-corrected chi connectivity index (χ0v) is 16.0. The van der Waals surface area contributed by atoms with Crippen LogP contribution in [0.4, 0.5) is 15.9 Å². The summed E-state index contributed by atoms with van der Waals surface area (Å²) in [6, 6.07) is 7.02. The van der Waals surface area contributed by atoms with Gasteiger partial charge in [0.25, 0.3) is 0 Å². The lowest BCUT2D eigenvalue weighted by atomic mass is 10.0. The highest BCUT2D eigenvalue weighted by atomic mass is 35.5. The van der Waals surface area contributed by atoms with Gasteiger partial charge in [0.2, 0.25) is 5.69 Å². The van der Waals surface area contributed by atoms with Gasteiger partial charge in [-0.25, -0.2) is 19.2 Å². The summed E-state index contributed by atoms with van der Waals surface area (Å²) < 4.78 is 14.2. The summed E-state index contributed by atoms with van der Waals surface area (Å²) >= 11 is 7.55. The van der Waals surface area contributed by atoms with Gasteiger partial charge in [0.05, 0.1) is 16.3 Å². The molecular weight excluding hydrogens is 385 g/mol. The average molecular weight is 402 g/mol. The second-order valence-electron chi connectivity index (χ2n) is 6.58. The molecule has 8 heteroatoms. The number of hydrogen-bond acceptors (Lipinski definition) is 5. The molecular formula is C19H17ClFN5S. The van der Waals surface area contributed by atoms with E-state index >= 15 is 0 Å². The third kappa shape index (κ3) is 4.03. The minimum absolute atomic E-state index is 0.0891. The number of likely N-dealkylation sites (tertiary alicyclic amines) is 1. The molecule has 0 atom stereocenters. The van der Waals surface area contributed by atoms with Crippen LogP contribution in [-0.4, -0.2) is 34.0 Å². The lowest BCUT2D eigenvalue weighted by molar-refractivity contribution is 0.211. The van der Waals surface area contributed by atoms with E-state index in [-0.39, 0.29) is 5.69 Å². The summed E-state index contributed by atoms with van der Waals surface area (Å²) in [5, 5.41) is 4.49. The number of hydrogen-bond donors (Lipinski definition) is 1. The Morgan fingerprint density at radius 2 is 2.11 bits per heavy atom. The van der Waals surface area contributed by atoms with Crippen molar-refractivity contribution in [2.45, 2.75) is 25.4 Å². The Hall–Kier alpha value is -2.27. The smallest absolute Gasteiger partial charge is 0.222 e. The van der Waals surface area contributed by atoms with Crippen LogP contribution < -0.4 is 5.32 Å². The first-order chi connectivity index (χ1) is 13.1. The highest BCUT2D eigenvalue weighted by Gasteiger charge is 2.21. The highest BCUT2D eigenvalue weighted by Crippen LogP contribution is 2.32. The molecule has 27 heavy (non-hydrogen) atoms. The van der Waals surface area contributed by atoms with E-state index in [2.05, 4.69) is 25.0 Å². The summed E-state index contributed by atoms with van der Waals surface area (Å²) in [7, 11) is 0. The van der Waals surface area contributed by atoms with Crippen molar-refractivity contribution in [3.63, 3.8) is 0 Å². The molecule has 2 aromatic heterocycles. The van der Waals surface area contributed by atoms with Crippen molar-refractivity contribution in [1.29, 1.82) is 0 Å². The molecule has 0 unspecified atom stereocenters. The number of thiophene rings is 1. The fourth-order valence-electron chi connectivity index (χ4n) is 3.37. The fraction of sp³-hybridized carbons (Fsp3) is 0.316. The van der Waals surface area contributed by atoms with Gasteiger partial charge in [-0.3, -0.25) is 4.90 Å². The number of benzene rings is 1. The molecule has 0 amide bonds. The zero-order valence-electron chi connectivity index (χ0n) is 14.5. The summed E-state index contributed by atoms with van der Waals surface area (Å²) in [5.41, 5.74) is 1.06. The Balaban J connectivity index is 1.37. The van der Waals surface area contributed by atoms with Crippen molar-refractivity contribution in [2.75, 3.05) is 18.4 Å². The van der Waals surface area contributed by atoms with E-state index in [0.717, 1.165) is 54.1 Å². The highest BCUT2D eigenvalue weighted by molar-refractivity contribution is 7.22. The Kier molecular flexibility index (Phi) is 5.21. The Morgan fingerprint density at radius 3 is 2.89 bits per heavy atom. The molecule has 4 rings (SSSR count). The molecule has 1 aliphatic heterocycles. The minimum atomic E-state index is -0.457. The lowest BCUT2D eigenvalue weighted by Crippen LogP contribution is -2.38. The monoisotopic (exact) mass is 401 g/mol. The molecule has 3 aromatic rings. The van der Waals surface area contributed by atoms with Crippen molar-refractivity contribution in [3.05, 3.63) is 57.7 Å². The number of anilines is 1. The Morgan fingerprint density at radius 1 is 1.30 bits per heavy atom. The summed E-state index contributed by atoms with van der Waals surface area (Å²) in [6.07, 6.45) is 3.54. The molecule has 5 nitrogen and oxygen atoms in total. The van der Waals surface area contributed by atoms with Gasteiger partial charge in [-0.15, -0.1) is 11.3 Å². The molecule has 1 aromatic carbocycles. The molecule has 0 radical (unpaired) electrons. The normalized spacial score (nSPS) is 15.7. The Bertz CT molecular complexity index is 1010. The maximum absolute atomic E-state index is 13.5. The molecule has 0 spiro atoms. The molecule has 0 saturated carbocycles. The van der Waals surface area contributed by atoms with Crippen LogP contribution in [0.25, 0.3) is 15.1 Å². The first kappa shape index (κ1) is 18.1. The van der Waals surface area contributed by atoms with Crippen LogP contribution in [0.2, 0.25) is 4.34 Å². The van der Waals surface area contributed by atoms with Gasteiger partial charge in [0, 0.05) is 25.7 Å². The number of piperidine rings is 1. The predicted molar refractivity (Wildman–Crippen MR) is 107 cm³/mol. The molecule has 1 aliphatic rings. The molecule has 0 aliphatic carbocycles. The van der Waals surface area contributed by atoms with Gasteiger partial charge in [-0.05, 0) is 36.6 Å². The molecule has 0 bridgehead atoms. The van der Waals surface area contributed by atoms with Gasteiger partial charge in [0.15, 0.2) is 0 Å².